The molecular weight excluding hydrogens is 266 g/mol. The van der Waals surface area contributed by atoms with Crippen LogP contribution in [-0.4, -0.2) is 31.8 Å². The minimum atomic E-state index is -0.255. The zero-order chi connectivity index (χ0) is 15.6. The van der Waals surface area contributed by atoms with E-state index in [0.29, 0.717) is 13.1 Å². The maximum atomic E-state index is 12.2. The van der Waals surface area contributed by atoms with Crippen molar-refractivity contribution in [3.63, 3.8) is 0 Å². The Morgan fingerprint density at radius 1 is 1.33 bits per heavy atom. The molecule has 6 heteroatoms. The van der Waals surface area contributed by atoms with E-state index in [2.05, 4.69) is 29.2 Å². The fraction of sp³-hybridized carbons (Fsp3) is 0.533. The van der Waals surface area contributed by atoms with Gasteiger partial charge in [0.2, 0.25) is 5.91 Å². The highest BCUT2D eigenvalue weighted by Crippen LogP contribution is 2.11. The summed E-state index contributed by atoms with van der Waals surface area (Å²) < 4.78 is 3.81. The van der Waals surface area contributed by atoms with E-state index < -0.39 is 0 Å². The molecule has 21 heavy (non-hydrogen) atoms. The van der Waals surface area contributed by atoms with Crippen LogP contribution < -0.4 is 5.32 Å². The highest BCUT2D eigenvalue weighted by atomic mass is 16.2. The summed E-state index contributed by atoms with van der Waals surface area (Å²) >= 11 is 0. The first-order valence-electron chi connectivity index (χ1n) is 7.19. The van der Waals surface area contributed by atoms with Gasteiger partial charge in [0.1, 0.15) is 11.9 Å². The fourth-order valence-corrected chi connectivity index (χ4v) is 2.36. The molecule has 0 aliphatic rings. The average molecular weight is 289 g/mol. The number of aryl methyl sites for hydroxylation is 2. The molecule has 0 bridgehead atoms. The van der Waals surface area contributed by atoms with Crippen LogP contribution in [0, 0.1) is 27.7 Å². The Morgan fingerprint density at radius 3 is 2.57 bits per heavy atom. The summed E-state index contributed by atoms with van der Waals surface area (Å²) in [7, 11) is 0. The number of rotatable bonds is 5. The van der Waals surface area contributed by atoms with Crippen LogP contribution in [0.5, 0.6) is 0 Å². The van der Waals surface area contributed by atoms with Gasteiger partial charge in [-0.05, 0) is 40.2 Å². The summed E-state index contributed by atoms with van der Waals surface area (Å²) in [6.45, 7) is 11.1. The normalized spacial score (nSPS) is 12.4. The SMILES string of the molecule is Cc1nn(CCNC(=O)[C@H](C)n2ccnc2C)c(C)c1C. The van der Waals surface area contributed by atoms with Gasteiger partial charge in [0.15, 0.2) is 0 Å². The number of amides is 1. The molecule has 0 saturated heterocycles. The lowest BCUT2D eigenvalue weighted by atomic mass is 10.2. The van der Waals surface area contributed by atoms with E-state index in [-0.39, 0.29) is 11.9 Å². The number of carbonyl (C=O) groups is 1. The van der Waals surface area contributed by atoms with Gasteiger partial charge in [-0.3, -0.25) is 9.48 Å². The van der Waals surface area contributed by atoms with Crippen molar-refractivity contribution in [3.8, 4) is 0 Å². The highest BCUT2D eigenvalue weighted by Gasteiger charge is 2.15. The summed E-state index contributed by atoms with van der Waals surface area (Å²) in [5.74, 6) is 0.834. The van der Waals surface area contributed by atoms with Crippen molar-refractivity contribution in [3.05, 3.63) is 35.2 Å². The van der Waals surface area contributed by atoms with Gasteiger partial charge >= 0.3 is 0 Å². The summed E-state index contributed by atoms with van der Waals surface area (Å²) in [5.41, 5.74) is 3.41. The van der Waals surface area contributed by atoms with E-state index in [4.69, 9.17) is 0 Å². The van der Waals surface area contributed by atoms with E-state index >= 15 is 0 Å². The third-order valence-corrected chi connectivity index (χ3v) is 4.03. The van der Waals surface area contributed by atoms with Gasteiger partial charge in [-0.25, -0.2) is 4.98 Å². The zero-order valence-electron chi connectivity index (χ0n) is 13.3. The van der Waals surface area contributed by atoms with Crippen LogP contribution in [0.4, 0.5) is 0 Å². The lowest BCUT2D eigenvalue weighted by molar-refractivity contribution is -0.123. The van der Waals surface area contributed by atoms with Crippen LogP contribution in [0.1, 0.15) is 35.7 Å². The second-order valence-electron chi connectivity index (χ2n) is 5.37. The quantitative estimate of drug-likeness (QED) is 0.911. The maximum Gasteiger partial charge on any atom is 0.242 e. The first kappa shape index (κ1) is 15.3. The third-order valence-electron chi connectivity index (χ3n) is 4.03. The van der Waals surface area contributed by atoms with Gasteiger partial charge in [-0.15, -0.1) is 0 Å². The first-order chi connectivity index (χ1) is 9.91. The van der Waals surface area contributed by atoms with Crippen molar-refractivity contribution in [2.45, 2.75) is 47.2 Å². The molecular formula is C15H23N5O. The zero-order valence-corrected chi connectivity index (χ0v) is 13.3. The van der Waals surface area contributed by atoms with E-state index in [1.54, 1.807) is 6.20 Å². The topological polar surface area (TPSA) is 64.7 Å². The van der Waals surface area contributed by atoms with Gasteiger partial charge in [0.05, 0.1) is 12.2 Å². The van der Waals surface area contributed by atoms with Gasteiger partial charge in [0, 0.05) is 24.6 Å². The van der Waals surface area contributed by atoms with Crippen molar-refractivity contribution in [1.29, 1.82) is 0 Å². The van der Waals surface area contributed by atoms with Crippen LogP contribution in [0.2, 0.25) is 0 Å². The number of hydrogen-bond acceptors (Lipinski definition) is 3. The molecule has 0 aromatic carbocycles. The monoisotopic (exact) mass is 289 g/mol. The molecule has 0 aliphatic carbocycles. The third kappa shape index (κ3) is 3.15. The van der Waals surface area contributed by atoms with Crippen LogP contribution in [0.25, 0.3) is 0 Å². The minimum Gasteiger partial charge on any atom is -0.352 e. The first-order valence-corrected chi connectivity index (χ1v) is 7.19. The lowest BCUT2D eigenvalue weighted by Crippen LogP contribution is -2.33. The van der Waals surface area contributed by atoms with Gasteiger partial charge in [-0.1, -0.05) is 0 Å². The molecule has 1 amide bonds. The maximum absolute atomic E-state index is 12.2. The van der Waals surface area contributed by atoms with E-state index in [0.717, 1.165) is 17.2 Å². The molecule has 0 spiro atoms. The average Bonchev–Trinajstić information content (AvgIpc) is 2.98. The number of nitrogens with zero attached hydrogens (tertiary/aromatic N) is 4. The van der Waals surface area contributed by atoms with Gasteiger partial charge < -0.3 is 9.88 Å². The van der Waals surface area contributed by atoms with Crippen molar-refractivity contribution < 1.29 is 4.79 Å². The molecule has 0 fully saturated rings. The Bertz CT molecular complexity index is 641. The van der Waals surface area contributed by atoms with Crippen LogP contribution in [0.3, 0.4) is 0 Å². The Morgan fingerprint density at radius 2 is 2.05 bits per heavy atom. The van der Waals surface area contributed by atoms with Gasteiger partial charge in [0.25, 0.3) is 0 Å². The summed E-state index contributed by atoms with van der Waals surface area (Å²) in [5, 5.41) is 7.42. The number of carbonyl (C=O) groups excluding carboxylic acids is 1. The van der Waals surface area contributed by atoms with Crippen molar-refractivity contribution in [2.24, 2.45) is 0 Å². The summed E-state index contributed by atoms with van der Waals surface area (Å²) in [4.78, 5) is 16.3. The Labute approximate surface area is 125 Å². The molecule has 0 saturated carbocycles. The molecule has 2 rings (SSSR count). The number of aromatic nitrogens is 4. The molecule has 2 aromatic rings. The fourth-order valence-electron chi connectivity index (χ4n) is 2.36. The van der Waals surface area contributed by atoms with Crippen molar-refractivity contribution in [2.75, 3.05) is 6.54 Å². The predicted octanol–water partition coefficient (Wildman–Crippen LogP) is 1.69. The van der Waals surface area contributed by atoms with Crippen LogP contribution >= 0.6 is 0 Å². The van der Waals surface area contributed by atoms with Crippen molar-refractivity contribution in [1.82, 2.24) is 24.6 Å². The molecule has 1 atom stereocenters. The molecule has 6 nitrogen and oxygen atoms in total. The predicted molar refractivity (Wildman–Crippen MR) is 81.1 cm³/mol. The molecule has 1 N–H and O–H groups in total. The number of nitrogens with one attached hydrogen (secondary N) is 1. The van der Waals surface area contributed by atoms with Crippen LogP contribution in [-0.2, 0) is 11.3 Å². The van der Waals surface area contributed by atoms with Gasteiger partial charge in [-0.2, -0.15) is 5.10 Å². The van der Waals surface area contributed by atoms with E-state index in [9.17, 15) is 4.79 Å². The van der Waals surface area contributed by atoms with Crippen LogP contribution in [0.15, 0.2) is 12.4 Å². The lowest BCUT2D eigenvalue weighted by Gasteiger charge is -2.15. The molecule has 114 valence electrons. The Balaban J connectivity index is 1.90. The minimum absolute atomic E-state index is 0.00523. The Hall–Kier alpha value is -2.11. The number of hydrogen-bond donors (Lipinski definition) is 1. The smallest absolute Gasteiger partial charge is 0.242 e. The molecule has 2 aromatic heterocycles. The molecule has 0 aliphatic heterocycles. The highest BCUT2D eigenvalue weighted by molar-refractivity contribution is 5.79. The standard InChI is InChI=1S/C15H23N5O/c1-10-11(2)18-20(12(10)3)9-7-17-15(21)13(4)19-8-6-16-14(19)5/h6,8,13H,7,9H2,1-5H3,(H,17,21)/t13-/m0/s1. The van der Waals surface area contributed by atoms with E-state index in [1.165, 1.54) is 5.56 Å². The molecule has 0 radical (unpaired) electrons. The molecule has 0 unspecified atom stereocenters. The number of imidazole rings is 1. The second kappa shape index (κ2) is 6.11. The Kier molecular flexibility index (Phi) is 4.45. The van der Waals surface area contributed by atoms with E-state index in [1.807, 2.05) is 36.2 Å². The van der Waals surface area contributed by atoms with Crippen molar-refractivity contribution >= 4 is 5.91 Å². The molecule has 2 heterocycles. The second-order valence-corrected chi connectivity index (χ2v) is 5.37. The summed E-state index contributed by atoms with van der Waals surface area (Å²) in [6, 6.07) is -0.255. The largest absolute Gasteiger partial charge is 0.352 e. The summed E-state index contributed by atoms with van der Waals surface area (Å²) in [6.07, 6.45) is 3.53.